The molecule has 0 bridgehead atoms. The van der Waals surface area contributed by atoms with Crippen LogP contribution in [0.5, 0.6) is 5.75 Å². The summed E-state index contributed by atoms with van der Waals surface area (Å²) >= 11 is 0. The van der Waals surface area contributed by atoms with E-state index in [0.717, 1.165) is 16.7 Å². The van der Waals surface area contributed by atoms with Crippen LogP contribution in [0.4, 0.5) is 10.2 Å². The van der Waals surface area contributed by atoms with Gasteiger partial charge < -0.3 is 19.9 Å². The summed E-state index contributed by atoms with van der Waals surface area (Å²) in [5, 5.41) is 4.05. The fourth-order valence-electron chi connectivity index (χ4n) is 5.26. The molecule has 5 rings (SSSR count). The Kier molecular flexibility index (Phi) is 6.71. The van der Waals surface area contributed by atoms with Gasteiger partial charge in [0, 0.05) is 56.0 Å². The molecular formula is C27H30FN5O3. The number of benzene rings is 2. The molecule has 9 heteroatoms. The Balaban J connectivity index is 1.21. The number of fused-ring (bicyclic) bond motifs is 1. The molecule has 8 nitrogen and oxygen atoms in total. The third-order valence-corrected chi connectivity index (χ3v) is 7.30. The summed E-state index contributed by atoms with van der Waals surface area (Å²) in [4.78, 5) is 38.1. The first-order valence-corrected chi connectivity index (χ1v) is 12.3. The van der Waals surface area contributed by atoms with Gasteiger partial charge in [-0.1, -0.05) is 18.2 Å². The number of methoxy groups -OCH3 is 1. The lowest BCUT2D eigenvalue weighted by atomic mass is 9.84. The minimum absolute atomic E-state index is 0.0536. The van der Waals surface area contributed by atoms with Gasteiger partial charge in [0.25, 0.3) is 0 Å². The summed E-state index contributed by atoms with van der Waals surface area (Å²) in [6.45, 7) is 2.57. The van der Waals surface area contributed by atoms with Gasteiger partial charge in [0.15, 0.2) is 0 Å². The number of piperazine rings is 1. The van der Waals surface area contributed by atoms with E-state index >= 15 is 0 Å². The highest BCUT2D eigenvalue weighted by Crippen LogP contribution is 2.32. The van der Waals surface area contributed by atoms with Crippen molar-refractivity contribution in [3.8, 4) is 5.75 Å². The Morgan fingerprint density at radius 1 is 1.14 bits per heavy atom. The minimum atomic E-state index is -0.621. The second kappa shape index (κ2) is 10.1. The number of para-hydroxylation sites is 1. The van der Waals surface area contributed by atoms with Crippen molar-refractivity contribution in [2.75, 3.05) is 38.2 Å². The summed E-state index contributed by atoms with van der Waals surface area (Å²) in [5.41, 5.74) is 0.790. The van der Waals surface area contributed by atoms with Gasteiger partial charge in [0.1, 0.15) is 23.7 Å². The van der Waals surface area contributed by atoms with Gasteiger partial charge in [-0.25, -0.2) is 14.4 Å². The maximum absolute atomic E-state index is 14.6. The smallest absolute Gasteiger partial charge is 0.222 e. The first-order chi connectivity index (χ1) is 17.5. The van der Waals surface area contributed by atoms with Gasteiger partial charge >= 0.3 is 0 Å². The zero-order valence-electron chi connectivity index (χ0n) is 20.4. The first kappa shape index (κ1) is 24.0. The number of rotatable bonds is 7. The number of ether oxygens (including phenoxy) is 1. The lowest BCUT2D eigenvalue weighted by molar-refractivity contribution is -0.132. The predicted molar refractivity (Wildman–Crippen MR) is 134 cm³/mol. The highest BCUT2D eigenvalue weighted by molar-refractivity contribution is 5.89. The van der Waals surface area contributed by atoms with Crippen LogP contribution < -0.4 is 15.0 Å². The molecule has 3 aromatic rings. The predicted octanol–water partition coefficient (Wildman–Crippen LogP) is 3.10. The topological polar surface area (TPSA) is 87.7 Å². The molecule has 2 aliphatic rings. The molecule has 2 aromatic carbocycles. The monoisotopic (exact) mass is 491 g/mol. The maximum atomic E-state index is 14.6. The third kappa shape index (κ3) is 4.96. The van der Waals surface area contributed by atoms with Crippen LogP contribution in [0.3, 0.4) is 0 Å². The van der Waals surface area contributed by atoms with Crippen molar-refractivity contribution in [1.82, 2.24) is 20.2 Å². The number of halogens is 1. The lowest BCUT2D eigenvalue weighted by Crippen LogP contribution is -2.50. The van der Waals surface area contributed by atoms with E-state index in [-0.39, 0.29) is 17.6 Å². The SMILES string of the molecule is COc1ccc(C[C@]2(CCC(=O)N3CCN(c4ncnc5ccccc45)CC3)CCC(=O)N2)c(F)c1. The first-order valence-electron chi connectivity index (χ1n) is 12.3. The quantitative estimate of drug-likeness (QED) is 0.547. The molecule has 0 aliphatic carbocycles. The zero-order chi connectivity index (χ0) is 25.1. The fraction of sp³-hybridized carbons (Fsp3) is 0.407. The van der Waals surface area contributed by atoms with Gasteiger partial charge in [-0.05, 0) is 43.0 Å². The molecule has 1 N–H and O–H groups in total. The highest BCUT2D eigenvalue weighted by atomic mass is 19.1. The van der Waals surface area contributed by atoms with Crippen molar-refractivity contribution in [2.45, 2.75) is 37.6 Å². The van der Waals surface area contributed by atoms with Crippen LogP contribution in [-0.2, 0) is 16.0 Å². The number of hydrogen-bond acceptors (Lipinski definition) is 6. The van der Waals surface area contributed by atoms with Crippen LogP contribution >= 0.6 is 0 Å². The number of hydrogen-bond donors (Lipinski definition) is 1. The Bertz CT molecular complexity index is 1270. The zero-order valence-corrected chi connectivity index (χ0v) is 20.4. The number of nitrogens with one attached hydrogen (secondary N) is 1. The standard InChI is InChI=1S/C27H30FN5O3/c1-36-20-7-6-19(22(28)16-20)17-27(10-8-24(34)31-27)11-9-25(35)32-12-14-33(15-13-32)26-21-4-2-3-5-23(21)29-18-30-26/h2-7,16,18H,8-15,17H2,1H3,(H,31,34)/t27-/m1/s1. The van der Waals surface area contributed by atoms with Crippen LogP contribution in [0.15, 0.2) is 48.8 Å². The molecule has 0 spiro atoms. The summed E-state index contributed by atoms with van der Waals surface area (Å²) in [6, 6.07) is 12.7. The van der Waals surface area contributed by atoms with E-state index in [9.17, 15) is 14.0 Å². The van der Waals surface area contributed by atoms with Crippen LogP contribution in [0, 0.1) is 5.82 Å². The van der Waals surface area contributed by atoms with E-state index in [1.165, 1.54) is 13.2 Å². The molecule has 2 aliphatic heterocycles. The van der Waals surface area contributed by atoms with Crippen molar-refractivity contribution < 1.29 is 18.7 Å². The van der Waals surface area contributed by atoms with Crippen molar-refractivity contribution in [1.29, 1.82) is 0 Å². The highest BCUT2D eigenvalue weighted by Gasteiger charge is 2.39. The molecule has 188 valence electrons. The number of anilines is 1. The molecular weight excluding hydrogens is 461 g/mol. The van der Waals surface area contributed by atoms with Gasteiger partial charge in [0.2, 0.25) is 11.8 Å². The molecule has 36 heavy (non-hydrogen) atoms. The van der Waals surface area contributed by atoms with Crippen molar-refractivity contribution in [2.24, 2.45) is 0 Å². The molecule has 0 radical (unpaired) electrons. The lowest BCUT2D eigenvalue weighted by Gasteiger charge is -2.36. The van der Waals surface area contributed by atoms with Crippen LogP contribution in [0.1, 0.15) is 31.2 Å². The summed E-state index contributed by atoms with van der Waals surface area (Å²) < 4.78 is 19.7. The normalized spacial score (nSPS) is 20.0. The summed E-state index contributed by atoms with van der Waals surface area (Å²) in [6.07, 6.45) is 3.66. The van der Waals surface area contributed by atoms with Gasteiger partial charge in [0.05, 0.1) is 12.6 Å². The summed E-state index contributed by atoms with van der Waals surface area (Å²) in [7, 11) is 1.49. The number of nitrogens with zero attached hydrogens (tertiary/aromatic N) is 4. The number of carbonyl (C=O) groups is 2. The van der Waals surface area contributed by atoms with Crippen molar-refractivity contribution >= 4 is 28.5 Å². The second-order valence-corrected chi connectivity index (χ2v) is 9.54. The Hall–Kier alpha value is -3.75. The molecule has 3 heterocycles. The Morgan fingerprint density at radius 3 is 2.67 bits per heavy atom. The van der Waals surface area contributed by atoms with Crippen molar-refractivity contribution in [3.05, 3.63) is 60.2 Å². The molecule has 2 fully saturated rings. The van der Waals surface area contributed by atoms with E-state index in [1.54, 1.807) is 18.5 Å². The Labute approximate surface area is 209 Å². The van der Waals surface area contributed by atoms with Crippen LogP contribution in [0.2, 0.25) is 0 Å². The molecule has 0 saturated carbocycles. The average molecular weight is 492 g/mol. The van der Waals surface area contributed by atoms with E-state index in [0.29, 0.717) is 69.6 Å². The van der Waals surface area contributed by atoms with Crippen molar-refractivity contribution in [3.63, 3.8) is 0 Å². The fourth-order valence-corrected chi connectivity index (χ4v) is 5.26. The Morgan fingerprint density at radius 2 is 1.94 bits per heavy atom. The third-order valence-electron chi connectivity index (χ3n) is 7.30. The van der Waals surface area contributed by atoms with Crippen LogP contribution in [0.25, 0.3) is 10.9 Å². The van der Waals surface area contributed by atoms with E-state index in [2.05, 4.69) is 20.2 Å². The van der Waals surface area contributed by atoms with E-state index < -0.39 is 5.54 Å². The second-order valence-electron chi connectivity index (χ2n) is 9.54. The molecule has 1 aromatic heterocycles. The number of aromatic nitrogens is 2. The molecule has 0 unspecified atom stereocenters. The summed E-state index contributed by atoms with van der Waals surface area (Å²) in [5.74, 6) is 0.974. The number of amides is 2. The molecule has 2 amide bonds. The average Bonchev–Trinajstić information content (AvgIpc) is 3.28. The van der Waals surface area contributed by atoms with Gasteiger partial charge in [-0.3, -0.25) is 9.59 Å². The number of carbonyl (C=O) groups excluding carboxylic acids is 2. The van der Waals surface area contributed by atoms with Crippen LogP contribution in [-0.4, -0.2) is 65.5 Å². The van der Waals surface area contributed by atoms with Gasteiger partial charge in [-0.2, -0.15) is 0 Å². The molecule has 1 atom stereocenters. The molecule has 2 saturated heterocycles. The van der Waals surface area contributed by atoms with E-state index in [1.807, 2.05) is 29.2 Å². The van der Waals surface area contributed by atoms with Gasteiger partial charge in [-0.15, -0.1) is 0 Å². The van der Waals surface area contributed by atoms with E-state index in [4.69, 9.17) is 4.74 Å². The largest absolute Gasteiger partial charge is 0.497 e. The minimum Gasteiger partial charge on any atom is -0.497 e. The maximum Gasteiger partial charge on any atom is 0.222 e.